The summed E-state index contributed by atoms with van der Waals surface area (Å²) in [5.74, 6) is 0.858. The lowest BCUT2D eigenvalue weighted by Crippen LogP contribution is -2.50. The molecule has 1 saturated heterocycles. The molecule has 0 bridgehead atoms. The predicted octanol–water partition coefficient (Wildman–Crippen LogP) is 2.05. The van der Waals surface area contributed by atoms with Gasteiger partial charge in [-0.05, 0) is 12.3 Å². The normalized spacial score (nSPS) is 43.9. The molecule has 1 heterocycles. The molecule has 14 heavy (non-hydrogen) atoms. The maximum Gasteiger partial charge on any atom is 0.160 e. The van der Waals surface area contributed by atoms with E-state index in [0.29, 0.717) is 11.8 Å². The summed E-state index contributed by atoms with van der Waals surface area (Å²) in [7, 11) is 3.46. The van der Waals surface area contributed by atoms with E-state index in [1.165, 1.54) is 0 Å². The highest BCUT2D eigenvalue weighted by molar-refractivity contribution is 4.85. The van der Waals surface area contributed by atoms with Gasteiger partial charge in [0.1, 0.15) is 0 Å². The Morgan fingerprint density at radius 2 is 1.71 bits per heavy atom. The van der Waals surface area contributed by atoms with Crippen molar-refractivity contribution in [1.29, 1.82) is 0 Å². The van der Waals surface area contributed by atoms with Gasteiger partial charge in [-0.3, -0.25) is 0 Å². The fourth-order valence-corrected chi connectivity index (χ4v) is 2.22. The Morgan fingerprint density at radius 3 is 2.14 bits per heavy atom. The molecule has 0 spiro atoms. The summed E-state index contributed by atoms with van der Waals surface area (Å²) in [4.78, 5) is 0. The lowest BCUT2D eigenvalue weighted by atomic mass is 9.84. The van der Waals surface area contributed by atoms with E-state index in [2.05, 4.69) is 20.8 Å². The van der Waals surface area contributed by atoms with Crippen LogP contribution in [-0.2, 0) is 14.2 Å². The van der Waals surface area contributed by atoms with E-state index >= 15 is 0 Å². The zero-order chi connectivity index (χ0) is 10.7. The van der Waals surface area contributed by atoms with Gasteiger partial charge in [-0.1, -0.05) is 20.8 Å². The minimum absolute atomic E-state index is 0.0821. The van der Waals surface area contributed by atoms with Crippen molar-refractivity contribution < 1.29 is 14.2 Å². The molecule has 1 aliphatic heterocycles. The van der Waals surface area contributed by atoms with Crippen molar-refractivity contribution in [2.24, 2.45) is 11.8 Å². The fourth-order valence-electron chi connectivity index (χ4n) is 2.22. The first kappa shape index (κ1) is 12.0. The van der Waals surface area contributed by atoms with E-state index in [4.69, 9.17) is 14.2 Å². The van der Waals surface area contributed by atoms with Crippen LogP contribution < -0.4 is 0 Å². The molecule has 1 fully saturated rings. The van der Waals surface area contributed by atoms with Gasteiger partial charge in [0.2, 0.25) is 0 Å². The molecule has 0 aromatic rings. The SMILES string of the molecule is CCC1O[C@H](OC)C(C)[C@@H](C)C1OC. The highest BCUT2D eigenvalue weighted by Gasteiger charge is 2.40. The summed E-state index contributed by atoms with van der Waals surface area (Å²) >= 11 is 0. The van der Waals surface area contributed by atoms with Crippen LogP contribution in [0.2, 0.25) is 0 Å². The highest BCUT2D eigenvalue weighted by Crippen LogP contribution is 2.33. The smallest absolute Gasteiger partial charge is 0.160 e. The first-order chi connectivity index (χ1) is 6.65. The van der Waals surface area contributed by atoms with Crippen molar-refractivity contribution in [3.8, 4) is 0 Å². The van der Waals surface area contributed by atoms with Crippen molar-refractivity contribution in [3.63, 3.8) is 0 Å². The molecule has 5 atom stereocenters. The second-order valence-corrected chi connectivity index (χ2v) is 4.11. The van der Waals surface area contributed by atoms with Gasteiger partial charge in [0.05, 0.1) is 12.2 Å². The van der Waals surface area contributed by atoms with E-state index in [1.807, 2.05) is 0 Å². The Morgan fingerprint density at radius 1 is 1.07 bits per heavy atom. The Balaban J connectivity index is 2.71. The van der Waals surface area contributed by atoms with Gasteiger partial charge in [-0.25, -0.2) is 0 Å². The van der Waals surface area contributed by atoms with Crippen LogP contribution in [-0.4, -0.2) is 32.7 Å². The molecule has 0 aromatic heterocycles. The molecule has 0 N–H and O–H groups in total. The van der Waals surface area contributed by atoms with Crippen LogP contribution in [0.15, 0.2) is 0 Å². The van der Waals surface area contributed by atoms with E-state index in [9.17, 15) is 0 Å². The van der Waals surface area contributed by atoms with Crippen LogP contribution >= 0.6 is 0 Å². The van der Waals surface area contributed by atoms with Crippen molar-refractivity contribution >= 4 is 0 Å². The Labute approximate surface area is 86.7 Å². The second kappa shape index (κ2) is 5.10. The molecule has 0 amide bonds. The standard InChI is InChI=1S/C11H22O3/c1-6-9-10(12-4)7(2)8(3)11(13-5)14-9/h7-11H,6H2,1-5H3/t7-,8?,9?,10?,11+/m1/s1. The third kappa shape index (κ3) is 2.10. The van der Waals surface area contributed by atoms with Crippen molar-refractivity contribution in [2.45, 2.75) is 45.7 Å². The van der Waals surface area contributed by atoms with Gasteiger partial charge in [-0.15, -0.1) is 0 Å². The van der Waals surface area contributed by atoms with Gasteiger partial charge < -0.3 is 14.2 Å². The second-order valence-electron chi connectivity index (χ2n) is 4.11. The predicted molar refractivity (Wildman–Crippen MR) is 55.1 cm³/mol. The molecule has 0 saturated carbocycles. The summed E-state index contributed by atoms with van der Waals surface area (Å²) in [6.07, 6.45) is 1.24. The topological polar surface area (TPSA) is 27.7 Å². The first-order valence-corrected chi connectivity index (χ1v) is 5.36. The van der Waals surface area contributed by atoms with Gasteiger partial charge in [-0.2, -0.15) is 0 Å². The molecule has 1 aliphatic rings. The Bertz CT molecular complexity index is 170. The quantitative estimate of drug-likeness (QED) is 0.701. The molecule has 3 heteroatoms. The Kier molecular flexibility index (Phi) is 4.35. The molecule has 3 nitrogen and oxygen atoms in total. The van der Waals surface area contributed by atoms with Crippen molar-refractivity contribution in [3.05, 3.63) is 0 Å². The number of hydrogen-bond donors (Lipinski definition) is 0. The van der Waals surface area contributed by atoms with Crippen LogP contribution in [0.25, 0.3) is 0 Å². The van der Waals surface area contributed by atoms with Crippen LogP contribution in [0, 0.1) is 11.8 Å². The molecule has 1 rings (SSSR count). The Hall–Kier alpha value is -0.120. The van der Waals surface area contributed by atoms with Gasteiger partial charge >= 0.3 is 0 Å². The average molecular weight is 202 g/mol. The molecule has 0 aliphatic carbocycles. The summed E-state index contributed by atoms with van der Waals surface area (Å²) in [5, 5.41) is 0. The molecular formula is C11H22O3. The monoisotopic (exact) mass is 202 g/mol. The summed E-state index contributed by atoms with van der Waals surface area (Å²) < 4.78 is 16.6. The first-order valence-electron chi connectivity index (χ1n) is 5.36. The van der Waals surface area contributed by atoms with Gasteiger partial charge in [0.15, 0.2) is 6.29 Å². The average Bonchev–Trinajstić information content (AvgIpc) is 2.21. The van der Waals surface area contributed by atoms with Gasteiger partial charge in [0.25, 0.3) is 0 Å². The summed E-state index contributed by atoms with van der Waals surface area (Å²) in [6, 6.07) is 0. The minimum Gasteiger partial charge on any atom is -0.378 e. The third-order valence-corrected chi connectivity index (χ3v) is 3.36. The largest absolute Gasteiger partial charge is 0.378 e. The minimum atomic E-state index is -0.0821. The van der Waals surface area contributed by atoms with Crippen LogP contribution in [0.4, 0.5) is 0 Å². The third-order valence-electron chi connectivity index (χ3n) is 3.36. The van der Waals surface area contributed by atoms with Gasteiger partial charge in [0, 0.05) is 20.1 Å². The van der Waals surface area contributed by atoms with E-state index in [1.54, 1.807) is 14.2 Å². The summed E-state index contributed by atoms with van der Waals surface area (Å²) in [5.41, 5.74) is 0. The maximum atomic E-state index is 5.82. The molecule has 0 radical (unpaired) electrons. The zero-order valence-corrected chi connectivity index (χ0v) is 9.82. The lowest BCUT2D eigenvalue weighted by Gasteiger charge is -2.43. The fraction of sp³-hybridized carbons (Fsp3) is 1.00. The van der Waals surface area contributed by atoms with Crippen LogP contribution in [0.1, 0.15) is 27.2 Å². The number of ether oxygens (including phenoxy) is 3. The molecular weight excluding hydrogens is 180 g/mol. The highest BCUT2D eigenvalue weighted by atomic mass is 16.7. The van der Waals surface area contributed by atoms with Crippen LogP contribution in [0.3, 0.4) is 0 Å². The van der Waals surface area contributed by atoms with E-state index in [-0.39, 0.29) is 18.5 Å². The van der Waals surface area contributed by atoms with Crippen LogP contribution in [0.5, 0.6) is 0 Å². The van der Waals surface area contributed by atoms with E-state index in [0.717, 1.165) is 6.42 Å². The number of methoxy groups -OCH3 is 2. The summed E-state index contributed by atoms with van der Waals surface area (Å²) in [6.45, 7) is 6.47. The zero-order valence-electron chi connectivity index (χ0n) is 9.82. The lowest BCUT2D eigenvalue weighted by molar-refractivity contribution is -0.258. The molecule has 3 unspecified atom stereocenters. The maximum absolute atomic E-state index is 5.82. The van der Waals surface area contributed by atoms with E-state index < -0.39 is 0 Å². The number of hydrogen-bond acceptors (Lipinski definition) is 3. The number of rotatable bonds is 3. The van der Waals surface area contributed by atoms with Crippen molar-refractivity contribution in [1.82, 2.24) is 0 Å². The molecule has 84 valence electrons. The van der Waals surface area contributed by atoms with Crippen molar-refractivity contribution in [2.75, 3.05) is 14.2 Å². The molecule has 0 aromatic carbocycles.